The molecule has 0 atom stereocenters. The number of hydrogen-bond donors (Lipinski definition) is 0. The molecule has 0 saturated carbocycles. The molecular weight excluding hydrogens is 238 g/mol. The predicted molar refractivity (Wildman–Crippen MR) is 64.6 cm³/mol. The monoisotopic (exact) mass is 247 g/mol. The quantitative estimate of drug-likeness (QED) is 0.818. The second kappa shape index (κ2) is 3.92. The lowest BCUT2D eigenvalue weighted by Crippen LogP contribution is -2.27. The number of benzene rings is 1. The number of carbonyl (C=O) groups excluding carboxylic acids is 2. The van der Waals surface area contributed by atoms with Crippen molar-refractivity contribution in [1.82, 2.24) is 4.90 Å². The van der Waals surface area contributed by atoms with Gasteiger partial charge in [0, 0.05) is 5.39 Å². The normalized spacial score (nSPS) is 16.1. The molecule has 5 heteroatoms. The minimum absolute atomic E-state index is 0.152. The largest absolute Gasteiger partial charge is 0.459 e. The lowest BCUT2D eigenvalue weighted by Gasteiger charge is -2.09. The Hall–Kier alpha value is -1.75. The van der Waals surface area contributed by atoms with Crippen LogP contribution in [0, 0.1) is 0 Å². The number of nitrogens with zero attached hydrogens (tertiary/aromatic N) is 1. The SMILES string of the molecule is O=C1CSC(=O)N1Cc1cc2ccccc2o1. The molecule has 1 fully saturated rings. The maximum atomic E-state index is 11.4. The summed E-state index contributed by atoms with van der Waals surface area (Å²) in [6, 6.07) is 9.46. The second-order valence-electron chi connectivity index (χ2n) is 3.79. The molecule has 2 heterocycles. The third kappa shape index (κ3) is 1.82. The number of furan rings is 1. The molecular formula is C12H9NO3S. The molecule has 0 unspecified atom stereocenters. The third-order valence-electron chi connectivity index (χ3n) is 2.63. The highest BCUT2D eigenvalue weighted by Gasteiger charge is 2.30. The zero-order chi connectivity index (χ0) is 11.8. The fraction of sp³-hybridized carbons (Fsp3) is 0.167. The van der Waals surface area contributed by atoms with Crippen LogP contribution in [0.25, 0.3) is 11.0 Å². The van der Waals surface area contributed by atoms with Crippen LogP contribution in [0.15, 0.2) is 34.7 Å². The van der Waals surface area contributed by atoms with Crippen LogP contribution in [-0.4, -0.2) is 21.8 Å². The van der Waals surface area contributed by atoms with E-state index in [2.05, 4.69) is 0 Å². The highest BCUT2D eigenvalue weighted by molar-refractivity contribution is 8.14. The van der Waals surface area contributed by atoms with Gasteiger partial charge in [0.2, 0.25) is 5.91 Å². The van der Waals surface area contributed by atoms with E-state index in [-0.39, 0.29) is 23.4 Å². The molecule has 1 saturated heterocycles. The van der Waals surface area contributed by atoms with Crippen molar-refractivity contribution >= 4 is 33.9 Å². The van der Waals surface area contributed by atoms with Gasteiger partial charge in [-0.3, -0.25) is 14.5 Å². The molecule has 0 bridgehead atoms. The van der Waals surface area contributed by atoms with Crippen LogP contribution in [0.3, 0.4) is 0 Å². The van der Waals surface area contributed by atoms with E-state index in [1.807, 2.05) is 30.3 Å². The Morgan fingerprint density at radius 1 is 1.29 bits per heavy atom. The van der Waals surface area contributed by atoms with E-state index in [0.717, 1.165) is 22.7 Å². The Kier molecular flexibility index (Phi) is 2.40. The molecule has 1 aliphatic rings. The Morgan fingerprint density at radius 2 is 2.12 bits per heavy atom. The van der Waals surface area contributed by atoms with Crippen LogP contribution < -0.4 is 0 Å². The molecule has 0 N–H and O–H groups in total. The summed E-state index contributed by atoms with van der Waals surface area (Å²) in [5.74, 6) is 0.717. The standard InChI is InChI=1S/C12H9NO3S/c14-11-7-17-12(15)13(11)6-9-5-8-3-1-2-4-10(8)16-9/h1-5H,6-7H2. The van der Waals surface area contributed by atoms with Gasteiger partial charge in [-0.2, -0.15) is 0 Å². The van der Waals surface area contributed by atoms with Gasteiger partial charge >= 0.3 is 0 Å². The fourth-order valence-corrected chi connectivity index (χ4v) is 2.53. The van der Waals surface area contributed by atoms with Gasteiger partial charge in [-0.05, 0) is 12.1 Å². The van der Waals surface area contributed by atoms with Crippen LogP contribution in [0.4, 0.5) is 4.79 Å². The summed E-state index contributed by atoms with van der Waals surface area (Å²) in [6.45, 7) is 0.222. The lowest BCUT2D eigenvalue weighted by molar-refractivity contribution is -0.125. The van der Waals surface area contributed by atoms with E-state index >= 15 is 0 Å². The van der Waals surface area contributed by atoms with Gasteiger partial charge in [-0.1, -0.05) is 30.0 Å². The molecule has 1 aromatic carbocycles. The minimum atomic E-state index is -0.199. The smallest absolute Gasteiger partial charge is 0.289 e. The number of imide groups is 1. The molecule has 0 spiro atoms. The average Bonchev–Trinajstić information content (AvgIpc) is 2.87. The third-order valence-corrected chi connectivity index (χ3v) is 3.49. The summed E-state index contributed by atoms with van der Waals surface area (Å²) in [6.07, 6.45) is 0. The lowest BCUT2D eigenvalue weighted by atomic mass is 10.2. The summed E-state index contributed by atoms with van der Waals surface area (Å²) in [5, 5.41) is 0.782. The van der Waals surface area contributed by atoms with Gasteiger partial charge < -0.3 is 4.42 Å². The summed E-state index contributed by atoms with van der Waals surface area (Å²) in [7, 11) is 0. The van der Waals surface area contributed by atoms with Crippen molar-refractivity contribution in [3.05, 3.63) is 36.1 Å². The van der Waals surface area contributed by atoms with Gasteiger partial charge in [0.05, 0.1) is 12.3 Å². The number of thioether (sulfide) groups is 1. The van der Waals surface area contributed by atoms with Gasteiger partial charge in [0.1, 0.15) is 11.3 Å². The van der Waals surface area contributed by atoms with E-state index < -0.39 is 0 Å². The molecule has 4 nitrogen and oxygen atoms in total. The van der Waals surface area contributed by atoms with Crippen molar-refractivity contribution in [3.63, 3.8) is 0 Å². The van der Waals surface area contributed by atoms with E-state index in [0.29, 0.717) is 5.76 Å². The summed E-state index contributed by atoms with van der Waals surface area (Å²) < 4.78 is 5.57. The Labute approximate surface area is 102 Å². The summed E-state index contributed by atoms with van der Waals surface area (Å²) >= 11 is 1.04. The Morgan fingerprint density at radius 3 is 2.82 bits per heavy atom. The first-order valence-electron chi connectivity index (χ1n) is 5.18. The predicted octanol–water partition coefficient (Wildman–Crippen LogP) is 2.63. The zero-order valence-corrected chi connectivity index (χ0v) is 9.70. The highest BCUT2D eigenvalue weighted by atomic mass is 32.2. The molecule has 17 heavy (non-hydrogen) atoms. The molecule has 2 amide bonds. The van der Waals surface area contributed by atoms with Crippen LogP contribution in [0.1, 0.15) is 5.76 Å². The number of rotatable bonds is 2. The first-order valence-corrected chi connectivity index (χ1v) is 6.17. The zero-order valence-electron chi connectivity index (χ0n) is 8.88. The van der Waals surface area contributed by atoms with Crippen LogP contribution >= 0.6 is 11.8 Å². The first-order chi connectivity index (χ1) is 8.24. The van der Waals surface area contributed by atoms with Gasteiger partial charge in [-0.15, -0.1) is 0 Å². The van der Waals surface area contributed by atoms with Gasteiger partial charge in [0.25, 0.3) is 5.24 Å². The van der Waals surface area contributed by atoms with E-state index in [1.165, 1.54) is 4.90 Å². The molecule has 86 valence electrons. The molecule has 2 aromatic rings. The van der Waals surface area contributed by atoms with E-state index in [9.17, 15) is 9.59 Å². The second-order valence-corrected chi connectivity index (χ2v) is 4.71. The van der Waals surface area contributed by atoms with Crippen molar-refractivity contribution in [3.8, 4) is 0 Å². The summed E-state index contributed by atoms with van der Waals surface area (Å²) in [4.78, 5) is 24.1. The molecule has 3 rings (SSSR count). The number of amides is 2. The van der Waals surface area contributed by atoms with Crippen LogP contribution in [0.2, 0.25) is 0 Å². The number of fused-ring (bicyclic) bond motifs is 1. The highest BCUT2D eigenvalue weighted by Crippen LogP contribution is 2.24. The fourth-order valence-electron chi connectivity index (χ4n) is 1.80. The van der Waals surface area contributed by atoms with E-state index in [4.69, 9.17) is 4.42 Å². The maximum Gasteiger partial charge on any atom is 0.289 e. The van der Waals surface area contributed by atoms with E-state index in [1.54, 1.807) is 0 Å². The molecule has 1 aliphatic heterocycles. The topological polar surface area (TPSA) is 50.5 Å². The molecule has 1 aromatic heterocycles. The first kappa shape index (κ1) is 10.4. The Balaban J connectivity index is 1.89. The summed E-state index contributed by atoms with van der Waals surface area (Å²) in [5.41, 5.74) is 0.772. The molecule has 0 aliphatic carbocycles. The van der Waals surface area contributed by atoms with Crippen molar-refractivity contribution in [2.75, 3.05) is 5.75 Å². The van der Waals surface area contributed by atoms with Gasteiger partial charge in [-0.25, -0.2) is 0 Å². The van der Waals surface area contributed by atoms with Gasteiger partial charge in [0.15, 0.2) is 0 Å². The number of para-hydroxylation sites is 1. The van der Waals surface area contributed by atoms with Crippen LogP contribution in [-0.2, 0) is 11.3 Å². The Bertz CT molecular complexity index is 556. The average molecular weight is 247 g/mol. The number of carbonyl (C=O) groups is 2. The maximum absolute atomic E-state index is 11.4. The van der Waals surface area contributed by atoms with Crippen molar-refractivity contribution in [2.24, 2.45) is 0 Å². The minimum Gasteiger partial charge on any atom is -0.459 e. The van der Waals surface area contributed by atoms with Crippen molar-refractivity contribution in [1.29, 1.82) is 0 Å². The van der Waals surface area contributed by atoms with Crippen molar-refractivity contribution < 1.29 is 14.0 Å². The van der Waals surface area contributed by atoms with Crippen LogP contribution in [0.5, 0.6) is 0 Å². The number of hydrogen-bond acceptors (Lipinski definition) is 4. The molecule has 0 radical (unpaired) electrons. The van der Waals surface area contributed by atoms with Crippen molar-refractivity contribution in [2.45, 2.75) is 6.54 Å².